The lowest BCUT2D eigenvalue weighted by Gasteiger charge is -2.28. The van der Waals surface area contributed by atoms with Gasteiger partial charge in [-0.2, -0.15) is 8.78 Å². The predicted octanol–water partition coefficient (Wildman–Crippen LogP) is 3.69. The Morgan fingerprint density at radius 3 is 1.96 bits per heavy atom. The Morgan fingerprint density at radius 2 is 1.37 bits per heavy atom. The van der Waals surface area contributed by atoms with Gasteiger partial charge >= 0.3 is 0 Å². The number of rotatable bonds is 2. The Labute approximate surface area is 146 Å². The van der Waals surface area contributed by atoms with E-state index in [9.17, 15) is 35.5 Å². The van der Waals surface area contributed by atoms with Crippen molar-refractivity contribution in [1.82, 2.24) is 0 Å². The maximum atomic E-state index is 14.9. The van der Waals surface area contributed by atoms with Crippen LogP contribution in [0.1, 0.15) is 0 Å². The fourth-order valence-electron chi connectivity index (χ4n) is 2.64. The number of nitrogens with zero attached hydrogens (tertiary/aromatic N) is 1. The fourth-order valence-corrected chi connectivity index (χ4v) is 2.64. The molecule has 0 atom stereocenters. The Balaban J connectivity index is 2.47. The molecular weight excluding hydrogens is 387 g/mol. The summed E-state index contributed by atoms with van der Waals surface area (Å²) < 4.78 is 108. The van der Waals surface area contributed by atoms with E-state index in [1.165, 1.54) is 0 Å². The van der Waals surface area contributed by atoms with Crippen LogP contribution in [0, 0.1) is 40.7 Å². The zero-order valence-electron chi connectivity index (χ0n) is 13.5. The average Bonchev–Trinajstić information content (AvgIpc) is 2.63. The molecule has 0 saturated heterocycles. The predicted molar refractivity (Wildman–Crippen MR) is 77.0 cm³/mol. The first-order chi connectivity index (χ1) is 12.6. The molecular formula is C16H8F7NO3. The molecule has 0 fully saturated rings. The number of methoxy groups -OCH3 is 1. The van der Waals surface area contributed by atoms with E-state index >= 15 is 0 Å². The van der Waals surface area contributed by atoms with Crippen molar-refractivity contribution in [3.8, 4) is 22.6 Å². The van der Waals surface area contributed by atoms with Crippen LogP contribution in [0.5, 0.6) is 11.5 Å². The van der Waals surface area contributed by atoms with Crippen LogP contribution >= 0.6 is 0 Å². The first kappa shape index (κ1) is 18.8. The molecule has 1 heterocycles. The lowest BCUT2D eigenvalue weighted by Crippen LogP contribution is -2.37. The van der Waals surface area contributed by atoms with E-state index in [1.54, 1.807) is 0 Å². The third-order valence-corrected chi connectivity index (χ3v) is 3.98. The smallest absolute Gasteiger partial charge is 0.264 e. The van der Waals surface area contributed by atoms with Gasteiger partial charge in [-0.15, -0.1) is 0 Å². The molecule has 11 heteroatoms. The highest BCUT2D eigenvalue weighted by Gasteiger charge is 2.38. The molecule has 3 rings (SSSR count). The van der Waals surface area contributed by atoms with Crippen LogP contribution in [0.15, 0.2) is 0 Å². The number of hydrogen-bond donors (Lipinski definition) is 0. The molecule has 2 aromatic carbocycles. The second-order valence-corrected chi connectivity index (χ2v) is 5.40. The fraction of sp³-hybridized carbons (Fsp3) is 0.188. The molecule has 0 unspecified atom stereocenters. The zero-order chi connectivity index (χ0) is 20.2. The van der Waals surface area contributed by atoms with Gasteiger partial charge in [0, 0.05) is 7.05 Å². The summed E-state index contributed by atoms with van der Waals surface area (Å²) in [7, 11) is 1.68. The minimum absolute atomic E-state index is 0.535. The van der Waals surface area contributed by atoms with Gasteiger partial charge < -0.3 is 14.4 Å². The summed E-state index contributed by atoms with van der Waals surface area (Å²) in [5.74, 6) is -17.8. The van der Waals surface area contributed by atoms with Crippen molar-refractivity contribution in [3.63, 3.8) is 0 Å². The topological polar surface area (TPSA) is 38.8 Å². The standard InChI is InChI=1S/C16H8F7NO3/c1-24-4(25)3-27-16-12(22)8(18)5(9(19)14(16)24)6-7(17)11(21)13(23)15(26-2)10(6)20/h3H2,1-2H3. The number of hydrogen-bond acceptors (Lipinski definition) is 3. The monoisotopic (exact) mass is 395 g/mol. The second-order valence-electron chi connectivity index (χ2n) is 5.40. The number of ether oxygens (including phenoxy) is 2. The van der Waals surface area contributed by atoms with Crippen molar-refractivity contribution in [2.24, 2.45) is 0 Å². The molecule has 0 spiro atoms. The summed E-state index contributed by atoms with van der Waals surface area (Å²) in [5.41, 5.74) is -4.39. The van der Waals surface area contributed by atoms with Gasteiger partial charge in [0.05, 0.1) is 18.2 Å². The number of halogens is 7. The quantitative estimate of drug-likeness (QED) is 0.442. The van der Waals surface area contributed by atoms with E-state index < -0.39 is 81.5 Å². The van der Waals surface area contributed by atoms with Gasteiger partial charge in [-0.3, -0.25) is 4.79 Å². The molecule has 1 amide bonds. The van der Waals surface area contributed by atoms with E-state index in [2.05, 4.69) is 9.47 Å². The van der Waals surface area contributed by atoms with Crippen LogP contribution < -0.4 is 14.4 Å². The normalized spacial score (nSPS) is 13.5. The highest BCUT2D eigenvalue weighted by atomic mass is 19.2. The van der Waals surface area contributed by atoms with Crippen molar-refractivity contribution in [2.45, 2.75) is 0 Å². The lowest BCUT2D eigenvalue weighted by molar-refractivity contribution is -0.121. The molecule has 4 nitrogen and oxygen atoms in total. The van der Waals surface area contributed by atoms with Crippen molar-refractivity contribution in [2.75, 3.05) is 25.7 Å². The first-order valence-corrected chi connectivity index (χ1v) is 7.13. The Hall–Kier alpha value is -2.98. The minimum Gasteiger partial charge on any atom is -0.491 e. The number of amides is 1. The van der Waals surface area contributed by atoms with Gasteiger partial charge in [0.1, 0.15) is 5.69 Å². The molecule has 1 aliphatic rings. The lowest BCUT2D eigenvalue weighted by atomic mass is 9.99. The molecule has 144 valence electrons. The molecule has 2 aromatic rings. The van der Waals surface area contributed by atoms with Gasteiger partial charge in [-0.1, -0.05) is 0 Å². The van der Waals surface area contributed by atoms with Crippen LogP contribution in [0.4, 0.5) is 36.4 Å². The molecule has 27 heavy (non-hydrogen) atoms. The average molecular weight is 395 g/mol. The summed E-state index contributed by atoms with van der Waals surface area (Å²) in [6, 6.07) is 0. The minimum atomic E-state index is -2.31. The second kappa shape index (κ2) is 6.32. The summed E-state index contributed by atoms with van der Waals surface area (Å²) in [4.78, 5) is 12.2. The molecule has 1 aliphatic heterocycles. The summed E-state index contributed by atoms with van der Waals surface area (Å²) in [6.45, 7) is -0.736. The third-order valence-electron chi connectivity index (χ3n) is 3.98. The number of carbonyl (C=O) groups is 1. The van der Waals surface area contributed by atoms with Gasteiger partial charge in [-0.05, 0) is 0 Å². The van der Waals surface area contributed by atoms with E-state index in [-0.39, 0.29) is 0 Å². The van der Waals surface area contributed by atoms with Crippen molar-refractivity contribution < 1.29 is 45.0 Å². The number of benzene rings is 2. The SMILES string of the molecule is COc1c(F)c(F)c(F)c(-c2c(F)c(F)c3c(c2F)N(C)C(=O)CO3)c1F. The number of likely N-dealkylation sites (N-methyl/N-ethyl adjacent to an activating group) is 1. The van der Waals surface area contributed by atoms with Gasteiger partial charge in [-0.25, -0.2) is 22.0 Å². The van der Waals surface area contributed by atoms with Crippen LogP contribution in [-0.4, -0.2) is 26.7 Å². The largest absolute Gasteiger partial charge is 0.491 e. The molecule has 0 aliphatic carbocycles. The van der Waals surface area contributed by atoms with Crippen LogP contribution in [0.2, 0.25) is 0 Å². The van der Waals surface area contributed by atoms with E-state index in [4.69, 9.17) is 0 Å². The number of carbonyl (C=O) groups excluding carboxylic acids is 1. The number of fused-ring (bicyclic) bond motifs is 1. The Kier molecular flexibility index (Phi) is 4.40. The summed E-state index contributed by atoms with van der Waals surface area (Å²) in [5, 5.41) is 0. The van der Waals surface area contributed by atoms with Crippen molar-refractivity contribution in [3.05, 3.63) is 40.7 Å². The van der Waals surface area contributed by atoms with E-state index in [1.807, 2.05) is 0 Å². The highest BCUT2D eigenvalue weighted by molar-refractivity contribution is 5.98. The molecule has 0 aromatic heterocycles. The van der Waals surface area contributed by atoms with E-state index in [0.29, 0.717) is 12.0 Å². The maximum absolute atomic E-state index is 14.9. The van der Waals surface area contributed by atoms with Crippen molar-refractivity contribution in [1.29, 1.82) is 0 Å². The van der Waals surface area contributed by atoms with Crippen LogP contribution in [0.25, 0.3) is 11.1 Å². The highest BCUT2D eigenvalue weighted by Crippen LogP contribution is 2.46. The Morgan fingerprint density at radius 1 is 0.815 bits per heavy atom. The zero-order valence-corrected chi connectivity index (χ0v) is 13.5. The summed E-state index contributed by atoms with van der Waals surface area (Å²) in [6.07, 6.45) is 0. The number of anilines is 1. The third kappa shape index (κ3) is 2.48. The molecule has 0 radical (unpaired) electrons. The summed E-state index contributed by atoms with van der Waals surface area (Å²) >= 11 is 0. The molecule has 0 N–H and O–H groups in total. The molecule has 0 saturated carbocycles. The van der Waals surface area contributed by atoms with Gasteiger partial charge in [0.25, 0.3) is 5.91 Å². The molecule has 0 bridgehead atoms. The van der Waals surface area contributed by atoms with Gasteiger partial charge in [0.15, 0.2) is 47.2 Å². The Bertz CT molecular complexity index is 993. The van der Waals surface area contributed by atoms with Crippen LogP contribution in [0.3, 0.4) is 0 Å². The first-order valence-electron chi connectivity index (χ1n) is 7.13. The van der Waals surface area contributed by atoms with Crippen LogP contribution in [-0.2, 0) is 4.79 Å². The van der Waals surface area contributed by atoms with Gasteiger partial charge in [0.2, 0.25) is 11.6 Å². The van der Waals surface area contributed by atoms with E-state index in [0.717, 1.165) is 7.05 Å². The van der Waals surface area contributed by atoms with Crippen molar-refractivity contribution >= 4 is 11.6 Å². The maximum Gasteiger partial charge on any atom is 0.264 e.